The van der Waals surface area contributed by atoms with Crippen LogP contribution in [0.2, 0.25) is 0 Å². The number of nitrogens with zero attached hydrogens (tertiary/aromatic N) is 2. The predicted molar refractivity (Wildman–Crippen MR) is 66.7 cm³/mol. The third-order valence-corrected chi connectivity index (χ3v) is 3.16. The molecule has 0 bridgehead atoms. The lowest BCUT2D eigenvalue weighted by Crippen LogP contribution is -2.26. The fraction of sp³-hybridized carbons (Fsp3) is 0.769. The van der Waals surface area contributed by atoms with E-state index in [1.807, 2.05) is 0 Å². The maximum atomic E-state index is 4.84. The fourth-order valence-electron chi connectivity index (χ4n) is 2.40. The molecule has 1 N–H and O–H groups in total. The lowest BCUT2D eigenvalue weighted by molar-refractivity contribution is 0.473. The van der Waals surface area contributed by atoms with Gasteiger partial charge in [0.15, 0.2) is 0 Å². The van der Waals surface area contributed by atoms with E-state index in [1.165, 1.54) is 17.0 Å². The molecule has 1 aromatic rings. The van der Waals surface area contributed by atoms with Crippen LogP contribution < -0.4 is 5.32 Å². The van der Waals surface area contributed by atoms with Gasteiger partial charge in [-0.05, 0) is 32.4 Å². The Hall–Kier alpha value is -0.830. The van der Waals surface area contributed by atoms with Gasteiger partial charge in [-0.2, -0.15) is 5.10 Å². The van der Waals surface area contributed by atoms with Crippen LogP contribution in [0.15, 0.2) is 0 Å². The molecule has 1 aliphatic heterocycles. The Balaban J connectivity index is 2.55. The van der Waals surface area contributed by atoms with E-state index in [9.17, 15) is 0 Å². The normalized spacial score (nSPS) is 16.6. The molecule has 0 saturated heterocycles. The number of aromatic nitrogens is 2. The van der Waals surface area contributed by atoms with Crippen LogP contribution in [-0.2, 0) is 18.4 Å². The van der Waals surface area contributed by atoms with Crippen molar-refractivity contribution in [3.63, 3.8) is 0 Å². The van der Waals surface area contributed by atoms with Crippen LogP contribution in [0.4, 0.5) is 0 Å². The van der Waals surface area contributed by atoms with Crippen molar-refractivity contribution in [1.82, 2.24) is 15.1 Å². The van der Waals surface area contributed by atoms with Crippen LogP contribution in [0.25, 0.3) is 0 Å². The van der Waals surface area contributed by atoms with Crippen molar-refractivity contribution >= 4 is 0 Å². The van der Waals surface area contributed by atoms with E-state index in [0.29, 0.717) is 6.04 Å². The molecule has 0 amide bonds. The molecular weight excluding hydrogens is 198 g/mol. The van der Waals surface area contributed by atoms with E-state index in [4.69, 9.17) is 5.10 Å². The minimum absolute atomic E-state index is 0.154. The number of nitrogens with one attached hydrogen (secondary N) is 1. The average molecular weight is 221 g/mol. The summed E-state index contributed by atoms with van der Waals surface area (Å²) in [6.45, 7) is 13.2. The molecule has 0 radical (unpaired) electrons. The Bertz CT molecular complexity index is 383. The minimum Gasteiger partial charge on any atom is -0.311 e. The quantitative estimate of drug-likeness (QED) is 0.789. The smallest absolute Gasteiger partial charge is 0.0713 e. The highest BCUT2D eigenvalue weighted by molar-refractivity contribution is 5.33. The lowest BCUT2D eigenvalue weighted by Gasteiger charge is -2.20. The van der Waals surface area contributed by atoms with E-state index in [1.54, 1.807) is 0 Å². The van der Waals surface area contributed by atoms with Gasteiger partial charge in [0.05, 0.1) is 11.4 Å². The van der Waals surface area contributed by atoms with Crippen molar-refractivity contribution in [1.29, 1.82) is 0 Å². The van der Waals surface area contributed by atoms with Gasteiger partial charge >= 0.3 is 0 Å². The summed E-state index contributed by atoms with van der Waals surface area (Å²) < 4.78 is 2.20. The summed E-state index contributed by atoms with van der Waals surface area (Å²) in [6, 6.07) is 0.449. The maximum Gasteiger partial charge on any atom is 0.0713 e. The molecule has 0 saturated carbocycles. The summed E-state index contributed by atoms with van der Waals surface area (Å²) >= 11 is 0. The summed E-state index contributed by atoms with van der Waals surface area (Å²) in [4.78, 5) is 0. The molecule has 1 aliphatic rings. The maximum absolute atomic E-state index is 4.84. The Morgan fingerprint density at radius 2 is 2.00 bits per heavy atom. The van der Waals surface area contributed by atoms with Gasteiger partial charge in [0.1, 0.15) is 0 Å². The highest BCUT2D eigenvalue weighted by Crippen LogP contribution is 2.30. The van der Waals surface area contributed by atoms with E-state index in [2.05, 4.69) is 44.6 Å². The Morgan fingerprint density at radius 1 is 1.31 bits per heavy atom. The van der Waals surface area contributed by atoms with Crippen molar-refractivity contribution in [2.75, 3.05) is 6.54 Å². The Labute approximate surface area is 98.2 Å². The van der Waals surface area contributed by atoms with Gasteiger partial charge in [0, 0.05) is 18.0 Å². The zero-order valence-electron chi connectivity index (χ0n) is 11.1. The standard InChI is InChI=1S/C13H23N3/c1-9(2)16-11-8-14-7-6-10(11)12(15-16)13(3,4)5/h9,14H,6-8H2,1-5H3. The Morgan fingerprint density at radius 3 is 2.56 bits per heavy atom. The third kappa shape index (κ3) is 1.88. The van der Waals surface area contributed by atoms with Crippen LogP contribution in [0, 0.1) is 0 Å². The summed E-state index contributed by atoms with van der Waals surface area (Å²) in [5.74, 6) is 0. The summed E-state index contributed by atoms with van der Waals surface area (Å²) in [7, 11) is 0. The average Bonchev–Trinajstić information content (AvgIpc) is 2.56. The first-order valence-electron chi connectivity index (χ1n) is 6.22. The first-order chi connectivity index (χ1) is 7.41. The molecule has 3 heteroatoms. The van der Waals surface area contributed by atoms with Crippen molar-refractivity contribution in [3.05, 3.63) is 17.0 Å². The molecule has 90 valence electrons. The molecule has 0 aliphatic carbocycles. The molecule has 2 rings (SSSR count). The van der Waals surface area contributed by atoms with Crippen LogP contribution >= 0.6 is 0 Å². The van der Waals surface area contributed by atoms with Crippen molar-refractivity contribution in [3.8, 4) is 0 Å². The van der Waals surface area contributed by atoms with Crippen LogP contribution in [0.5, 0.6) is 0 Å². The van der Waals surface area contributed by atoms with Gasteiger partial charge in [0.25, 0.3) is 0 Å². The molecule has 0 spiro atoms. The topological polar surface area (TPSA) is 29.9 Å². The molecule has 0 unspecified atom stereocenters. The van der Waals surface area contributed by atoms with Gasteiger partial charge in [-0.25, -0.2) is 0 Å². The molecule has 1 aromatic heterocycles. The SMILES string of the molecule is CC(C)n1nc(C(C)(C)C)c2c1CNCC2. The summed E-state index contributed by atoms with van der Waals surface area (Å²) in [5, 5.41) is 8.28. The van der Waals surface area contributed by atoms with Gasteiger partial charge in [0.2, 0.25) is 0 Å². The van der Waals surface area contributed by atoms with Gasteiger partial charge in [-0.15, -0.1) is 0 Å². The highest BCUT2D eigenvalue weighted by Gasteiger charge is 2.28. The van der Waals surface area contributed by atoms with Crippen LogP contribution in [0.3, 0.4) is 0 Å². The fourth-order valence-corrected chi connectivity index (χ4v) is 2.40. The number of fused-ring (bicyclic) bond motifs is 1. The van der Waals surface area contributed by atoms with E-state index in [-0.39, 0.29) is 5.41 Å². The summed E-state index contributed by atoms with van der Waals surface area (Å²) in [5.41, 5.74) is 4.32. The molecule has 16 heavy (non-hydrogen) atoms. The molecule has 0 atom stereocenters. The van der Waals surface area contributed by atoms with Gasteiger partial charge < -0.3 is 5.32 Å². The van der Waals surface area contributed by atoms with Crippen molar-refractivity contribution in [2.24, 2.45) is 0 Å². The summed E-state index contributed by atoms with van der Waals surface area (Å²) in [6.07, 6.45) is 1.12. The predicted octanol–water partition coefficient (Wildman–Crippen LogP) is 2.41. The lowest BCUT2D eigenvalue weighted by atomic mass is 9.87. The van der Waals surface area contributed by atoms with E-state index >= 15 is 0 Å². The number of hydrogen-bond donors (Lipinski definition) is 1. The molecule has 3 nitrogen and oxygen atoms in total. The zero-order valence-corrected chi connectivity index (χ0v) is 11.1. The van der Waals surface area contributed by atoms with E-state index in [0.717, 1.165) is 19.5 Å². The highest BCUT2D eigenvalue weighted by atomic mass is 15.3. The second-order valence-corrected chi connectivity index (χ2v) is 5.99. The van der Waals surface area contributed by atoms with Gasteiger partial charge in [-0.1, -0.05) is 20.8 Å². The second kappa shape index (κ2) is 3.88. The second-order valence-electron chi connectivity index (χ2n) is 5.99. The van der Waals surface area contributed by atoms with Crippen molar-refractivity contribution < 1.29 is 0 Å². The van der Waals surface area contributed by atoms with Crippen molar-refractivity contribution in [2.45, 2.75) is 59.0 Å². The monoisotopic (exact) mass is 221 g/mol. The first kappa shape index (κ1) is 11.6. The first-order valence-corrected chi connectivity index (χ1v) is 6.22. The number of hydrogen-bond acceptors (Lipinski definition) is 2. The minimum atomic E-state index is 0.154. The van der Waals surface area contributed by atoms with Crippen LogP contribution in [0.1, 0.15) is 57.6 Å². The van der Waals surface area contributed by atoms with E-state index < -0.39 is 0 Å². The molecular formula is C13H23N3. The van der Waals surface area contributed by atoms with Crippen LogP contribution in [-0.4, -0.2) is 16.3 Å². The van der Waals surface area contributed by atoms with Gasteiger partial charge in [-0.3, -0.25) is 4.68 Å². The number of rotatable bonds is 1. The molecule has 2 heterocycles. The Kier molecular flexibility index (Phi) is 2.82. The molecule has 0 aromatic carbocycles. The zero-order chi connectivity index (χ0) is 11.9. The molecule has 0 fully saturated rings. The third-order valence-electron chi connectivity index (χ3n) is 3.16. The largest absolute Gasteiger partial charge is 0.311 e.